The summed E-state index contributed by atoms with van der Waals surface area (Å²) in [6.07, 6.45) is 46.0. The first kappa shape index (κ1) is 65.8. The maximum absolute atomic E-state index is 15.4. The van der Waals surface area contributed by atoms with Crippen LogP contribution in [0.5, 0.6) is 0 Å². The van der Waals surface area contributed by atoms with E-state index in [2.05, 4.69) is 55.4 Å². The quantitative estimate of drug-likeness (QED) is 0.0313. The van der Waals surface area contributed by atoms with Gasteiger partial charge in [0.1, 0.15) is 6.61 Å². The Bertz CT molecular complexity index is 951. The summed E-state index contributed by atoms with van der Waals surface area (Å²) in [6, 6.07) is 0. The summed E-state index contributed by atoms with van der Waals surface area (Å²) in [4.78, 5) is 15.4. The molecule has 0 fully saturated rings. The number of unbranched alkanes of at least 4 members (excludes halogenated alkanes) is 28. The molecule has 0 saturated carbocycles. The van der Waals surface area contributed by atoms with Gasteiger partial charge in [-0.3, -0.25) is 0 Å². The summed E-state index contributed by atoms with van der Waals surface area (Å²) in [6.45, 7) is 17.1. The van der Waals surface area contributed by atoms with E-state index in [-0.39, 0.29) is 27.7 Å². The Morgan fingerprint density at radius 2 is 0.646 bits per heavy atom. The topological polar surface area (TPSA) is 87.0 Å². The van der Waals surface area contributed by atoms with Crippen LogP contribution in [0.3, 0.4) is 0 Å². The lowest BCUT2D eigenvalue weighted by atomic mass is 9.93. The van der Waals surface area contributed by atoms with Gasteiger partial charge in [-0.25, -0.2) is 4.79 Å². The molecule has 4 atom stereocenters. The first-order chi connectivity index (χ1) is 31.5. The van der Waals surface area contributed by atoms with Crippen molar-refractivity contribution in [3.8, 4) is 0 Å². The highest BCUT2D eigenvalue weighted by Gasteiger charge is 2.52. The van der Waals surface area contributed by atoms with Crippen molar-refractivity contribution in [2.45, 2.75) is 316 Å². The number of aliphatic hydroxyl groups excluding tert-OH is 3. The molecule has 0 aromatic heterocycles. The van der Waals surface area contributed by atoms with Crippen LogP contribution >= 0.6 is 47.0 Å². The molecule has 4 unspecified atom stereocenters. The highest BCUT2D eigenvalue weighted by molar-refractivity contribution is 8.25. The lowest BCUT2D eigenvalue weighted by molar-refractivity contribution is -0.151. The van der Waals surface area contributed by atoms with E-state index in [9.17, 15) is 15.3 Å². The third-order valence-corrected chi connectivity index (χ3v) is 20.7. The molecule has 3 N–H and O–H groups in total. The maximum Gasteiger partial charge on any atom is 0.334 e. The van der Waals surface area contributed by atoms with Gasteiger partial charge in [0.25, 0.3) is 0 Å². The summed E-state index contributed by atoms with van der Waals surface area (Å²) in [5.74, 6) is -0.235. The SMILES string of the molecule is CCCCCCCCCCC(C)SC(SC(C)CCCCCCCCCC)C(SC(C)CCCCCCCCCC)(SC(C)CCCCCCCCCC)C(=O)OCC(CO)(CO)CO. The van der Waals surface area contributed by atoms with Gasteiger partial charge in [-0.15, -0.1) is 47.0 Å². The molecule has 0 saturated heterocycles. The minimum absolute atomic E-state index is 0.0353. The number of esters is 1. The van der Waals surface area contributed by atoms with Crippen LogP contribution in [0, 0.1) is 5.41 Å². The van der Waals surface area contributed by atoms with Gasteiger partial charge in [-0.05, 0) is 25.7 Å². The number of thioether (sulfide) groups is 4. The average molecular weight is 994 g/mol. The van der Waals surface area contributed by atoms with Gasteiger partial charge in [0.05, 0.1) is 29.8 Å². The Morgan fingerprint density at radius 3 is 0.908 bits per heavy atom. The standard InChI is InChI=1S/C56H112O5S4/c1-9-13-17-21-25-29-33-37-41-49(5)62-54(63-50(6)42-38-34-30-26-22-18-14-10-2)56(53(60)61-48-55(45-57,46-58)47-59,64-51(7)43-39-35-31-27-23-19-15-11-3)65-52(8)44-40-36-32-28-24-20-16-12-4/h49-52,54,57-59H,9-48H2,1-8H3. The minimum Gasteiger partial charge on any atom is -0.463 e. The van der Waals surface area contributed by atoms with Crippen molar-refractivity contribution in [1.82, 2.24) is 0 Å². The van der Waals surface area contributed by atoms with E-state index in [4.69, 9.17) is 4.74 Å². The second-order valence-corrected chi connectivity index (χ2v) is 27.4. The molecule has 390 valence electrons. The Morgan fingerprint density at radius 1 is 0.400 bits per heavy atom. The van der Waals surface area contributed by atoms with E-state index in [0.717, 1.165) is 25.7 Å². The average Bonchev–Trinajstić information content (AvgIpc) is 3.30. The Labute approximate surface area is 423 Å². The van der Waals surface area contributed by atoms with Crippen molar-refractivity contribution < 1.29 is 24.9 Å². The minimum atomic E-state index is -1.27. The highest BCUT2D eigenvalue weighted by atomic mass is 32.2. The summed E-state index contributed by atoms with van der Waals surface area (Å²) in [7, 11) is 0. The highest BCUT2D eigenvalue weighted by Crippen LogP contribution is 2.56. The number of hydrogen-bond acceptors (Lipinski definition) is 9. The third kappa shape index (κ3) is 34.7. The van der Waals surface area contributed by atoms with Crippen molar-refractivity contribution in [1.29, 1.82) is 0 Å². The van der Waals surface area contributed by atoms with E-state index >= 15 is 4.79 Å². The van der Waals surface area contributed by atoms with Gasteiger partial charge in [0, 0.05) is 21.0 Å². The molecule has 0 radical (unpaired) electrons. The molecule has 0 aromatic rings. The van der Waals surface area contributed by atoms with Crippen LogP contribution in [0.25, 0.3) is 0 Å². The van der Waals surface area contributed by atoms with E-state index < -0.39 is 29.3 Å². The van der Waals surface area contributed by atoms with Crippen molar-refractivity contribution in [3.63, 3.8) is 0 Å². The van der Waals surface area contributed by atoms with Crippen LogP contribution in [0.1, 0.15) is 287 Å². The lowest BCUT2D eigenvalue weighted by Gasteiger charge is -2.42. The van der Waals surface area contributed by atoms with Crippen LogP contribution in [0.4, 0.5) is 0 Å². The zero-order valence-electron chi connectivity index (χ0n) is 44.5. The molecular weight excluding hydrogens is 881 g/mol. The first-order valence-corrected chi connectivity index (χ1v) is 31.8. The lowest BCUT2D eigenvalue weighted by Crippen LogP contribution is -2.48. The van der Waals surface area contributed by atoms with Gasteiger partial charge in [-0.1, -0.05) is 261 Å². The number of hydrogen-bond donors (Lipinski definition) is 3. The second kappa shape index (κ2) is 45.9. The molecule has 0 heterocycles. The second-order valence-electron chi connectivity index (χ2n) is 20.4. The van der Waals surface area contributed by atoms with Gasteiger partial charge in [0.15, 0.2) is 4.08 Å². The largest absolute Gasteiger partial charge is 0.463 e. The molecule has 0 amide bonds. The molecule has 65 heavy (non-hydrogen) atoms. The third-order valence-electron chi connectivity index (χ3n) is 13.4. The summed E-state index contributed by atoms with van der Waals surface area (Å²) < 4.78 is 5.47. The molecule has 0 rings (SSSR count). The van der Waals surface area contributed by atoms with Gasteiger partial charge in [-0.2, -0.15) is 0 Å². The van der Waals surface area contributed by atoms with Crippen molar-refractivity contribution >= 4 is 53.0 Å². The Kier molecular flexibility index (Phi) is 46.4. The number of ether oxygens (including phenoxy) is 1. The van der Waals surface area contributed by atoms with Crippen molar-refractivity contribution in [2.75, 3.05) is 26.4 Å². The molecule has 0 aliphatic carbocycles. The molecule has 9 heteroatoms. The summed E-state index contributed by atoms with van der Waals surface area (Å²) >= 11 is 7.79. The predicted molar refractivity (Wildman–Crippen MR) is 298 cm³/mol. The number of rotatable bonds is 51. The zero-order valence-corrected chi connectivity index (χ0v) is 47.7. The molecule has 5 nitrogen and oxygen atoms in total. The van der Waals surface area contributed by atoms with E-state index in [1.54, 1.807) is 0 Å². The van der Waals surface area contributed by atoms with Gasteiger partial charge < -0.3 is 20.1 Å². The molecular formula is C56H112O5S4. The maximum atomic E-state index is 15.4. The van der Waals surface area contributed by atoms with Gasteiger partial charge >= 0.3 is 5.97 Å². The van der Waals surface area contributed by atoms with Crippen LogP contribution < -0.4 is 0 Å². The van der Waals surface area contributed by atoms with Crippen LogP contribution in [0.2, 0.25) is 0 Å². The molecule has 0 spiro atoms. The molecule has 0 bridgehead atoms. The zero-order chi connectivity index (χ0) is 48.3. The molecule has 0 aliphatic heterocycles. The number of carbonyl (C=O) groups is 1. The Hall–Kier alpha value is 0.750. The normalized spacial score (nSPS) is 15.4. The van der Waals surface area contributed by atoms with Crippen LogP contribution in [-0.4, -0.2) is 77.4 Å². The predicted octanol–water partition coefficient (Wildman–Crippen LogP) is 18.1. The fraction of sp³-hybridized carbons (Fsp3) is 0.982. The van der Waals surface area contributed by atoms with Gasteiger partial charge in [0.2, 0.25) is 0 Å². The summed E-state index contributed by atoms with van der Waals surface area (Å²) in [5, 5.41) is 32.4. The van der Waals surface area contributed by atoms with Crippen molar-refractivity contribution in [2.24, 2.45) is 5.41 Å². The van der Waals surface area contributed by atoms with Crippen molar-refractivity contribution in [3.05, 3.63) is 0 Å². The van der Waals surface area contributed by atoms with E-state index in [0.29, 0.717) is 10.5 Å². The number of aliphatic hydroxyl groups is 3. The van der Waals surface area contributed by atoms with Crippen LogP contribution in [0.15, 0.2) is 0 Å². The van der Waals surface area contributed by atoms with Crippen LogP contribution in [-0.2, 0) is 9.53 Å². The number of carbonyl (C=O) groups excluding carboxylic acids is 1. The Balaban J connectivity index is 6.75. The van der Waals surface area contributed by atoms with E-state index in [1.165, 1.54) is 205 Å². The smallest absolute Gasteiger partial charge is 0.334 e. The molecule has 0 aliphatic rings. The first-order valence-electron chi connectivity index (χ1n) is 28.2. The monoisotopic (exact) mass is 993 g/mol. The fourth-order valence-electron chi connectivity index (χ4n) is 8.69. The van der Waals surface area contributed by atoms with E-state index in [1.807, 2.05) is 47.0 Å². The summed E-state index contributed by atoms with van der Waals surface area (Å²) in [5.41, 5.74) is -1.27. The molecule has 0 aromatic carbocycles. The fourth-order valence-corrected chi connectivity index (χ4v) is 16.9.